The van der Waals surface area contributed by atoms with Crippen molar-refractivity contribution in [1.82, 2.24) is 15.1 Å². The molecule has 0 atom stereocenters. The second-order valence-electron chi connectivity index (χ2n) is 4.20. The molecule has 0 aliphatic rings. The standard InChI is InChI=1S/C15H11N3O3/c1-20-15(19)12-7-3-2-6-11(12)14-17-13(18-21-14)10-5-4-8-16-9-10/h2-9H,1H3. The molecule has 3 aromatic rings. The fourth-order valence-electron chi connectivity index (χ4n) is 1.90. The highest BCUT2D eigenvalue weighted by Crippen LogP contribution is 2.25. The number of ether oxygens (including phenoxy) is 1. The molecule has 0 bridgehead atoms. The number of carbonyl (C=O) groups excluding carboxylic acids is 1. The molecule has 0 unspecified atom stereocenters. The molecule has 0 spiro atoms. The summed E-state index contributed by atoms with van der Waals surface area (Å²) >= 11 is 0. The van der Waals surface area contributed by atoms with E-state index >= 15 is 0 Å². The molecule has 0 saturated carbocycles. The van der Waals surface area contributed by atoms with Gasteiger partial charge in [-0.05, 0) is 24.3 Å². The van der Waals surface area contributed by atoms with Gasteiger partial charge in [0.1, 0.15) is 0 Å². The first kappa shape index (κ1) is 13.0. The van der Waals surface area contributed by atoms with Crippen molar-refractivity contribution in [3.63, 3.8) is 0 Å². The highest BCUT2D eigenvalue weighted by atomic mass is 16.5. The zero-order valence-electron chi connectivity index (χ0n) is 11.2. The summed E-state index contributed by atoms with van der Waals surface area (Å²) in [6.45, 7) is 0. The Kier molecular flexibility index (Phi) is 3.42. The molecule has 21 heavy (non-hydrogen) atoms. The summed E-state index contributed by atoms with van der Waals surface area (Å²) in [7, 11) is 1.33. The maximum atomic E-state index is 11.8. The molecule has 1 aromatic carbocycles. The number of hydrogen-bond acceptors (Lipinski definition) is 6. The molecule has 6 heteroatoms. The predicted octanol–water partition coefficient (Wildman–Crippen LogP) is 2.59. The highest BCUT2D eigenvalue weighted by molar-refractivity contribution is 5.96. The van der Waals surface area contributed by atoms with Crippen LogP contribution < -0.4 is 0 Å². The average molecular weight is 281 g/mol. The van der Waals surface area contributed by atoms with Gasteiger partial charge in [0.15, 0.2) is 0 Å². The molecule has 3 rings (SSSR count). The van der Waals surface area contributed by atoms with E-state index in [0.29, 0.717) is 17.0 Å². The first-order chi connectivity index (χ1) is 10.3. The second kappa shape index (κ2) is 5.54. The van der Waals surface area contributed by atoms with Gasteiger partial charge in [-0.3, -0.25) is 4.98 Å². The van der Waals surface area contributed by atoms with E-state index in [-0.39, 0.29) is 5.89 Å². The number of pyridine rings is 1. The number of methoxy groups -OCH3 is 1. The topological polar surface area (TPSA) is 78.1 Å². The quantitative estimate of drug-likeness (QED) is 0.687. The van der Waals surface area contributed by atoms with E-state index in [9.17, 15) is 4.79 Å². The summed E-state index contributed by atoms with van der Waals surface area (Å²) in [5.74, 6) is 0.222. The molecule has 2 heterocycles. The van der Waals surface area contributed by atoms with Crippen LogP contribution in [-0.4, -0.2) is 28.2 Å². The van der Waals surface area contributed by atoms with Crippen molar-refractivity contribution in [3.05, 3.63) is 54.4 Å². The van der Waals surface area contributed by atoms with Crippen LogP contribution in [0, 0.1) is 0 Å². The molecule has 0 amide bonds. The highest BCUT2D eigenvalue weighted by Gasteiger charge is 2.18. The molecule has 0 radical (unpaired) electrons. The van der Waals surface area contributed by atoms with Crippen molar-refractivity contribution in [3.8, 4) is 22.8 Å². The summed E-state index contributed by atoms with van der Waals surface area (Å²) in [5, 5.41) is 3.91. The Labute approximate surface area is 120 Å². The smallest absolute Gasteiger partial charge is 0.338 e. The second-order valence-corrected chi connectivity index (χ2v) is 4.20. The summed E-state index contributed by atoms with van der Waals surface area (Å²) in [6, 6.07) is 10.5. The normalized spacial score (nSPS) is 10.3. The third-order valence-corrected chi connectivity index (χ3v) is 2.91. The van der Waals surface area contributed by atoms with Gasteiger partial charge in [0.05, 0.1) is 18.2 Å². The Morgan fingerprint density at radius 2 is 2.05 bits per heavy atom. The maximum Gasteiger partial charge on any atom is 0.338 e. The van der Waals surface area contributed by atoms with Crippen molar-refractivity contribution < 1.29 is 14.1 Å². The molecule has 2 aromatic heterocycles. The molecule has 0 fully saturated rings. The largest absolute Gasteiger partial charge is 0.465 e. The minimum atomic E-state index is -0.452. The summed E-state index contributed by atoms with van der Waals surface area (Å²) in [5.41, 5.74) is 1.65. The van der Waals surface area contributed by atoms with Crippen molar-refractivity contribution in [1.29, 1.82) is 0 Å². The van der Waals surface area contributed by atoms with E-state index in [2.05, 4.69) is 15.1 Å². The fourth-order valence-corrected chi connectivity index (χ4v) is 1.90. The number of hydrogen-bond donors (Lipinski definition) is 0. The summed E-state index contributed by atoms with van der Waals surface area (Å²) in [6.07, 6.45) is 3.30. The van der Waals surface area contributed by atoms with Crippen LogP contribution in [-0.2, 0) is 4.74 Å². The number of benzene rings is 1. The number of carbonyl (C=O) groups is 1. The molecular weight excluding hydrogens is 270 g/mol. The van der Waals surface area contributed by atoms with Gasteiger partial charge in [0.2, 0.25) is 5.82 Å². The molecule has 0 aliphatic heterocycles. The van der Waals surface area contributed by atoms with Gasteiger partial charge < -0.3 is 9.26 Å². The van der Waals surface area contributed by atoms with Crippen LogP contribution in [0.2, 0.25) is 0 Å². The molecular formula is C15H11N3O3. The Balaban J connectivity index is 2.03. The summed E-state index contributed by atoms with van der Waals surface area (Å²) < 4.78 is 9.99. The van der Waals surface area contributed by atoms with Crippen LogP contribution in [0.5, 0.6) is 0 Å². The van der Waals surface area contributed by atoms with E-state index in [0.717, 1.165) is 5.56 Å². The zero-order chi connectivity index (χ0) is 14.7. The maximum absolute atomic E-state index is 11.8. The number of nitrogens with zero attached hydrogens (tertiary/aromatic N) is 3. The van der Waals surface area contributed by atoms with Crippen molar-refractivity contribution >= 4 is 5.97 Å². The van der Waals surface area contributed by atoms with Gasteiger partial charge in [-0.25, -0.2) is 4.79 Å². The van der Waals surface area contributed by atoms with E-state index < -0.39 is 5.97 Å². The number of esters is 1. The fraction of sp³-hybridized carbons (Fsp3) is 0.0667. The van der Waals surface area contributed by atoms with Gasteiger partial charge in [0.25, 0.3) is 5.89 Å². The van der Waals surface area contributed by atoms with Crippen LogP contribution in [0.3, 0.4) is 0 Å². The van der Waals surface area contributed by atoms with E-state index in [1.165, 1.54) is 7.11 Å². The monoisotopic (exact) mass is 281 g/mol. The summed E-state index contributed by atoms with van der Waals surface area (Å²) in [4.78, 5) is 20.1. The van der Waals surface area contributed by atoms with Crippen LogP contribution >= 0.6 is 0 Å². The molecule has 0 aliphatic carbocycles. The van der Waals surface area contributed by atoms with Crippen LogP contribution in [0.4, 0.5) is 0 Å². The van der Waals surface area contributed by atoms with Crippen LogP contribution in [0.1, 0.15) is 10.4 Å². The van der Waals surface area contributed by atoms with Gasteiger partial charge >= 0.3 is 5.97 Å². The van der Waals surface area contributed by atoms with Crippen molar-refractivity contribution in [2.75, 3.05) is 7.11 Å². The molecule has 6 nitrogen and oxygen atoms in total. The molecule has 104 valence electrons. The van der Waals surface area contributed by atoms with E-state index in [4.69, 9.17) is 9.26 Å². The lowest BCUT2D eigenvalue weighted by Gasteiger charge is -2.02. The number of rotatable bonds is 3. The third-order valence-electron chi connectivity index (χ3n) is 2.91. The predicted molar refractivity (Wildman–Crippen MR) is 74.3 cm³/mol. The van der Waals surface area contributed by atoms with Gasteiger partial charge in [-0.1, -0.05) is 17.3 Å². The first-order valence-electron chi connectivity index (χ1n) is 6.21. The van der Waals surface area contributed by atoms with Gasteiger partial charge in [-0.2, -0.15) is 4.98 Å². The Hall–Kier alpha value is -3.02. The lowest BCUT2D eigenvalue weighted by Crippen LogP contribution is -2.03. The average Bonchev–Trinajstić information content (AvgIpc) is 3.05. The van der Waals surface area contributed by atoms with E-state index in [1.807, 2.05) is 6.07 Å². The number of aromatic nitrogens is 3. The Bertz CT molecular complexity index is 769. The van der Waals surface area contributed by atoms with Crippen LogP contribution in [0.25, 0.3) is 22.8 Å². The molecule has 0 saturated heterocycles. The van der Waals surface area contributed by atoms with Gasteiger partial charge in [-0.15, -0.1) is 0 Å². The van der Waals surface area contributed by atoms with Crippen molar-refractivity contribution in [2.24, 2.45) is 0 Å². The first-order valence-corrected chi connectivity index (χ1v) is 6.21. The molecule has 0 N–H and O–H groups in total. The van der Waals surface area contributed by atoms with Gasteiger partial charge in [0, 0.05) is 18.0 Å². The minimum absolute atomic E-state index is 0.259. The van der Waals surface area contributed by atoms with Crippen LogP contribution in [0.15, 0.2) is 53.3 Å². The third kappa shape index (κ3) is 2.51. The van der Waals surface area contributed by atoms with E-state index in [1.54, 1.807) is 42.7 Å². The Morgan fingerprint density at radius 1 is 1.19 bits per heavy atom. The Morgan fingerprint density at radius 3 is 2.81 bits per heavy atom. The zero-order valence-corrected chi connectivity index (χ0v) is 11.2. The minimum Gasteiger partial charge on any atom is -0.465 e. The lowest BCUT2D eigenvalue weighted by molar-refractivity contribution is 0.0601. The lowest BCUT2D eigenvalue weighted by atomic mass is 10.1. The SMILES string of the molecule is COC(=O)c1ccccc1-c1nc(-c2cccnc2)no1. The van der Waals surface area contributed by atoms with Crippen molar-refractivity contribution in [2.45, 2.75) is 0 Å².